The third-order valence-corrected chi connectivity index (χ3v) is 5.17. The quantitative estimate of drug-likeness (QED) is 0.710. The van der Waals surface area contributed by atoms with Crippen molar-refractivity contribution in [1.82, 2.24) is 29.7 Å². The minimum absolute atomic E-state index is 0.0128. The lowest BCUT2D eigenvalue weighted by Gasteiger charge is -2.31. The van der Waals surface area contributed by atoms with E-state index in [2.05, 4.69) is 56.0 Å². The number of anilines is 2. The molecule has 0 unspecified atom stereocenters. The number of carbonyl (C=O) groups is 1. The molecule has 9 nitrogen and oxygen atoms in total. The predicted molar refractivity (Wildman–Crippen MR) is 113 cm³/mol. The molecule has 3 aromatic heterocycles. The molecule has 4 heterocycles. The zero-order valence-electron chi connectivity index (χ0n) is 17.5. The van der Waals surface area contributed by atoms with E-state index in [4.69, 9.17) is 0 Å². The van der Waals surface area contributed by atoms with Crippen LogP contribution in [0.1, 0.15) is 39.3 Å². The smallest absolute Gasteiger partial charge is 0.252 e. The highest BCUT2D eigenvalue weighted by molar-refractivity contribution is 5.92. The molecule has 0 atom stereocenters. The summed E-state index contributed by atoms with van der Waals surface area (Å²) in [5.41, 5.74) is 0.696. The first-order valence-corrected chi connectivity index (χ1v) is 10.1. The average molecular weight is 406 g/mol. The first kappa shape index (κ1) is 19.9. The third kappa shape index (κ3) is 4.29. The highest BCUT2D eigenvalue weighted by atomic mass is 16.2. The number of piperidine rings is 1. The molecule has 30 heavy (non-hydrogen) atoms. The van der Waals surface area contributed by atoms with E-state index in [9.17, 15) is 4.79 Å². The Kier molecular flexibility index (Phi) is 5.43. The van der Waals surface area contributed by atoms with Crippen LogP contribution in [0.5, 0.6) is 0 Å². The second-order valence-corrected chi connectivity index (χ2v) is 8.42. The molecule has 0 aliphatic carbocycles. The Hall–Kier alpha value is -3.36. The first-order valence-electron chi connectivity index (χ1n) is 10.1. The molecule has 1 N–H and O–H groups in total. The SMILES string of the molecule is CC(C)(C)c1cc(NC(=O)C2CCN(c3ncccn3)CC2)n(-c2ncccn2)n1. The lowest BCUT2D eigenvalue weighted by molar-refractivity contribution is -0.120. The fraction of sp³-hybridized carbons (Fsp3) is 0.429. The van der Waals surface area contributed by atoms with Crippen LogP contribution in [-0.4, -0.2) is 48.7 Å². The molecule has 0 spiro atoms. The fourth-order valence-electron chi connectivity index (χ4n) is 3.41. The van der Waals surface area contributed by atoms with Crippen molar-refractivity contribution in [3.05, 3.63) is 48.7 Å². The summed E-state index contributed by atoms with van der Waals surface area (Å²) in [6, 6.07) is 5.45. The highest BCUT2D eigenvalue weighted by Gasteiger charge is 2.28. The van der Waals surface area contributed by atoms with E-state index < -0.39 is 0 Å². The summed E-state index contributed by atoms with van der Waals surface area (Å²) >= 11 is 0. The Balaban J connectivity index is 1.49. The van der Waals surface area contributed by atoms with Crippen molar-refractivity contribution < 1.29 is 4.79 Å². The van der Waals surface area contributed by atoms with Crippen LogP contribution in [-0.2, 0) is 10.2 Å². The number of amides is 1. The van der Waals surface area contributed by atoms with Crippen LogP contribution in [0, 0.1) is 5.92 Å². The Morgan fingerprint density at radius 3 is 2.10 bits per heavy atom. The van der Waals surface area contributed by atoms with Gasteiger partial charge in [0, 0.05) is 55.3 Å². The van der Waals surface area contributed by atoms with Crippen LogP contribution in [0.25, 0.3) is 5.95 Å². The van der Waals surface area contributed by atoms with E-state index in [1.165, 1.54) is 0 Å². The number of hydrogen-bond acceptors (Lipinski definition) is 7. The average Bonchev–Trinajstić information content (AvgIpc) is 3.19. The summed E-state index contributed by atoms with van der Waals surface area (Å²) in [7, 11) is 0. The second kappa shape index (κ2) is 8.17. The molecule has 0 aromatic carbocycles. The molecule has 9 heteroatoms. The van der Waals surface area contributed by atoms with Crippen LogP contribution < -0.4 is 10.2 Å². The molecular formula is C21H26N8O. The molecule has 0 bridgehead atoms. The van der Waals surface area contributed by atoms with Gasteiger partial charge in [-0.3, -0.25) is 4.79 Å². The van der Waals surface area contributed by atoms with E-state index in [-0.39, 0.29) is 17.2 Å². The van der Waals surface area contributed by atoms with Crippen LogP contribution in [0.3, 0.4) is 0 Å². The Morgan fingerprint density at radius 1 is 0.967 bits per heavy atom. The van der Waals surface area contributed by atoms with Gasteiger partial charge < -0.3 is 10.2 Å². The van der Waals surface area contributed by atoms with Crippen LogP contribution >= 0.6 is 0 Å². The first-order chi connectivity index (χ1) is 14.4. The molecule has 1 aliphatic rings. The van der Waals surface area contributed by atoms with Crippen molar-refractivity contribution in [1.29, 1.82) is 0 Å². The van der Waals surface area contributed by atoms with Crippen molar-refractivity contribution in [2.24, 2.45) is 5.92 Å². The van der Waals surface area contributed by atoms with Crippen molar-refractivity contribution in [2.45, 2.75) is 39.0 Å². The summed E-state index contributed by atoms with van der Waals surface area (Å²) in [6.45, 7) is 7.74. The Morgan fingerprint density at radius 2 is 1.53 bits per heavy atom. The van der Waals surface area contributed by atoms with Gasteiger partial charge in [-0.2, -0.15) is 9.78 Å². The normalized spacial score (nSPS) is 15.2. The summed E-state index contributed by atoms with van der Waals surface area (Å²) in [5.74, 6) is 1.64. The summed E-state index contributed by atoms with van der Waals surface area (Å²) in [6.07, 6.45) is 8.28. The molecule has 156 valence electrons. The van der Waals surface area contributed by atoms with Crippen molar-refractivity contribution in [3.63, 3.8) is 0 Å². The highest BCUT2D eigenvalue weighted by Crippen LogP contribution is 2.27. The van der Waals surface area contributed by atoms with Crippen LogP contribution in [0.4, 0.5) is 11.8 Å². The summed E-state index contributed by atoms with van der Waals surface area (Å²) < 4.78 is 1.60. The number of aromatic nitrogens is 6. The van der Waals surface area contributed by atoms with Gasteiger partial charge >= 0.3 is 0 Å². The maximum Gasteiger partial charge on any atom is 0.252 e. The van der Waals surface area contributed by atoms with E-state index in [0.717, 1.165) is 31.6 Å². The topological polar surface area (TPSA) is 102 Å². The van der Waals surface area contributed by atoms with E-state index in [0.29, 0.717) is 17.7 Å². The maximum absolute atomic E-state index is 13.0. The number of carbonyl (C=O) groups excluding carboxylic acids is 1. The van der Waals surface area contributed by atoms with Gasteiger partial charge in [-0.05, 0) is 25.0 Å². The number of nitrogens with one attached hydrogen (secondary N) is 1. The van der Waals surface area contributed by atoms with Gasteiger partial charge in [0.25, 0.3) is 5.95 Å². The van der Waals surface area contributed by atoms with Gasteiger partial charge in [0.15, 0.2) is 0 Å². The lowest BCUT2D eigenvalue weighted by Crippen LogP contribution is -2.39. The van der Waals surface area contributed by atoms with Crippen molar-refractivity contribution in [2.75, 3.05) is 23.3 Å². The molecular weight excluding hydrogens is 380 g/mol. The van der Waals surface area contributed by atoms with Gasteiger partial charge in [0.1, 0.15) is 5.82 Å². The molecule has 0 saturated carbocycles. The largest absolute Gasteiger partial charge is 0.341 e. The minimum atomic E-state index is -0.166. The van der Waals surface area contributed by atoms with E-state index >= 15 is 0 Å². The van der Waals surface area contributed by atoms with Gasteiger partial charge in [-0.15, -0.1) is 0 Å². The molecule has 4 rings (SSSR count). The summed E-state index contributed by atoms with van der Waals surface area (Å²) in [5, 5.41) is 7.71. The predicted octanol–water partition coefficient (Wildman–Crippen LogP) is 2.60. The van der Waals surface area contributed by atoms with Gasteiger partial charge in [0.05, 0.1) is 5.69 Å². The fourth-order valence-corrected chi connectivity index (χ4v) is 3.41. The van der Waals surface area contributed by atoms with Gasteiger partial charge in [-0.25, -0.2) is 19.9 Å². The van der Waals surface area contributed by atoms with E-state index in [1.807, 2.05) is 6.07 Å². The molecule has 3 aromatic rings. The standard InChI is InChI=1S/C21H26N8O/c1-21(2,3)16-14-17(29(27-16)20-24-10-5-11-25-20)26-18(30)15-6-12-28(13-7-15)19-22-8-4-9-23-19/h4-5,8-11,14-15H,6-7,12-13H2,1-3H3,(H,26,30). The molecule has 1 aliphatic heterocycles. The number of hydrogen-bond donors (Lipinski definition) is 1. The third-order valence-electron chi connectivity index (χ3n) is 5.17. The number of nitrogens with zero attached hydrogens (tertiary/aromatic N) is 7. The zero-order valence-corrected chi connectivity index (χ0v) is 17.5. The van der Waals surface area contributed by atoms with Gasteiger partial charge in [0.2, 0.25) is 11.9 Å². The summed E-state index contributed by atoms with van der Waals surface area (Å²) in [4.78, 5) is 32.3. The zero-order chi connectivity index (χ0) is 21.1. The van der Waals surface area contributed by atoms with Crippen LogP contribution in [0.15, 0.2) is 43.0 Å². The lowest BCUT2D eigenvalue weighted by atomic mass is 9.92. The minimum Gasteiger partial charge on any atom is -0.341 e. The molecule has 1 saturated heterocycles. The maximum atomic E-state index is 13.0. The monoisotopic (exact) mass is 406 g/mol. The molecule has 1 amide bonds. The van der Waals surface area contributed by atoms with Gasteiger partial charge in [-0.1, -0.05) is 20.8 Å². The van der Waals surface area contributed by atoms with Crippen LogP contribution in [0.2, 0.25) is 0 Å². The second-order valence-electron chi connectivity index (χ2n) is 8.42. The molecule has 0 radical (unpaired) electrons. The molecule has 1 fully saturated rings. The van der Waals surface area contributed by atoms with E-state index in [1.54, 1.807) is 41.6 Å². The Bertz CT molecular complexity index is 989. The number of rotatable bonds is 4. The van der Waals surface area contributed by atoms with Crippen molar-refractivity contribution in [3.8, 4) is 5.95 Å². The Labute approximate surface area is 175 Å². The van der Waals surface area contributed by atoms with Crippen molar-refractivity contribution >= 4 is 17.7 Å².